The van der Waals surface area contributed by atoms with E-state index < -0.39 is 0 Å². The molecule has 0 saturated heterocycles. The van der Waals surface area contributed by atoms with Crippen molar-refractivity contribution in [3.8, 4) is 18.1 Å². The normalized spacial score (nSPS) is 10.2. The maximum atomic E-state index is 5.17. The molecule has 16 heavy (non-hydrogen) atoms. The molecule has 0 fully saturated rings. The van der Waals surface area contributed by atoms with E-state index in [0.717, 1.165) is 21.0 Å². The highest BCUT2D eigenvalue weighted by molar-refractivity contribution is 7.18. The molecule has 2 aromatic rings. The Morgan fingerprint density at radius 3 is 3.19 bits per heavy atom. The van der Waals surface area contributed by atoms with E-state index in [9.17, 15) is 0 Å². The van der Waals surface area contributed by atoms with Crippen LogP contribution >= 0.6 is 11.3 Å². The van der Waals surface area contributed by atoms with Gasteiger partial charge in [0.25, 0.3) is 0 Å². The number of hydrogen-bond acceptors (Lipinski definition) is 4. The van der Waals surface area contributed by atoms with Gasteiger partial charge in [-0.05, 0) is 18.2 Å². The number of terminal acetylenes is 1. The molecule has 0 amide bonds. The fourth-order valence-electron chi connectivity index (χ4n) is 1.40. The Hall–Kier alpha value is -1.57. The van der Waals surface area contributed by atoms with E-state index >= 15 is 0 Å². The van der Waals surface area contributed by atoms with Crippen LogP contribution in [0.1, 0.15) is 5.01 Å². The Labute approximate surface area is 98.5 Å². The summed E-state index contributed by atoms with van der Waals surface area (Å²) in [5, 5.41) is 4.16. The SMILES string of the molecule is C#CCNCc1nc2ccc(OC)cc2s1. The zero-order valence-electron chi connectivity index (χ0n) is 8.99. The number of hydrogen-bond donors (Lipinski definition) is 1. The Bertz CT molecular complexity index is 527. The molecule has 2 rings (SSSR count). The van der Waals surface area contributed by atoms with Gasteiger partial charge in [-0.25, -0.2) is 4.98 Å². The van der Waals surface area contributed by atoms with Crippen molar-refractivity contribution in [2.75, 3.05) is 13.7 Å². The third-order valence-electron chi connectivity index (χ3n) is 2.14. The molecule has 0 unspecified atom stereocenters. The first-order chi connectivity index (χ1) is 7.83. The lowest BCUT2D eigenvalue weighted by molar-refractivity contribution is 0.415. The summed E-state index contributed by atoms with van der Waals surface area (Å²) in [6.07, 6.45) is 5.16. The summed E-state index contributed by atoms with van der Waals surface area (Å²) >= 11 is 1.66. The van der Waals surface area contributed by atoms with Gasteiger partial charge in [0.15, 0.2) is 0 Å². The first-order valence-electron chi connectivity index (χ1n) is 4.91. The highest BCUT2D eigenvalue weighted by Gasteiger charge is 2.04. The lowest BCUT2D eigenvalue weighted by Gasteiger charge is -1.96. The summed E-state index contributed by atoms with van der Waals surface area (Å²) in [7, 11) is 1.66. The predicted octanol–water partition coefficient (Wildman–Crippen LogP) is 2.03. The number of aromatic nitrogens is 1. The van der Waals surface area contributed by atoms with Crippen molar-refractivity contribution in [1.29, 1.82) is 0 Å². The standard InChI is InChI=1S/C12H12N2OS/c1-3-6-13-8-12-14-10-5-4-9(15-2)7-11(10)16-12/h1,4-5,7,13H,6,8H2,2H3. The van der Waals surface area contributed by atoms with Crippen LogP contribution in [0.15, 0.2) is 18.2 Å². The van der Waals surface area contributed by atoms with Crippen LogP contribution in [0, 0.1) is 12.3 Å². The molecule has 1 aromatic heterocycles. The molecule has 0 saturated carbocycles. The summed E-state index contributed by atoms with van der Waals surface area (Å²) in [4.78, 5) is 4.49. The van der Waals surface area contributed by atoms with Gasteiger partial charge in [0, 0.05) is 6.54 Å². The van der Waals surface area contributed by atoms with E-state index in [4.69, 9.17) is 11.2 Å². The summed E-state index contributed by atoms with van der Waals surface area (Å²) in [6, 6.07) is 5.88. The predicted molar refractivity (Wildman–Crippen MR) is 66.7 cm³/mol. The molecule has 82 valence electrons. The monoisotopic (exact) mass is 232 g/mol. The number of benzene rings is 1. The fourth-order valence-corrected chi connectivity index (χ4v) is 2.36. The third kappa shape index (κ3) is 2.32. The maximum Gasteiger partial charge on any atom is 0.120 e. The minimum atomic E-state index is 0.569. The number of nitrogens with zero attached hydrogens (tertiary/aromatic N) is 1. The van der Waals surface area contributed by atoms with Crippen LogP contribution < -0.4 is 10.1 Å². The molecule has 0 radical (unpaired) electrons. The van der Waals surface area contributed by atoms with Crippen molar-refractivity contribution >= 4 is 21.6 Å². The number of fused-ring (bicyclic) bond motifs is 1. The smallest absolute Gasteiger partial charge is 0.120 e. The maximum absolute atomic E-state index is 5.17. The summed E-state index contributed by atoms with van der Waals surface area (Å²) in [5.74, 6) is 3.40. The van der Waals surface area contributed by atoms with Crippen LogP contribution in [-0.4, -0.2) is 18.6 Å². The first kappa shape index (κ1) is 10.9. The number of ether oxygens (including phenoxy) is 1. The molecule has 0 aliphatic carbocycles. The Kier molecular flexibility index (Phi) is 3.40. The number of methoxy groups -OCH3 is 1. The van der Waals surface area contributed by atoms with Crippen molar-refractivity contribution in [3.63, 3.8) is 0 Å². The van der Waals surface area contributed by atoms with Crippen molar-refractivity contribution < 1.29 is 4.74 Å². The van der Waals surface area contributed by atoms with Crippen molar-refractivity contribution in [3.05, 3.63) is 23.2 Å². The van der Waals surface area contributed by atoms with E-state index in [1.165, 1.54) is 0 Å². The number of rotatable bonds is 4. The van der Waals surface area contributed by atoms with Gasteiger partial charge in [-0.3, -0.25) is 5.32 Å². The van der Waals surface area contributed by atoms with E-state index in [2.05, 4.69) is 16.2 Å². The Morgan fingerprint density at radius 2 is 2.44 bits per heavy atom. The van der Waals surface area contributed by atoms with E-state index in [0.29, 0.717) is 13.1 Å². The molecule has 3 nitrogen and oxygen atoms in total. The molecule has 0 aliphatic heterocycles. The molecule has 4 heteroatoms. The second-order valence-electron chi connectivity index (χ2n) is 3.25. The van der Waals surface area contributed by atoms with Crippen LogP contribution in [0.4, 0.5) is 0 Å². The zero-order chi connectivity index (χ0) is 11.4. The topological polar surface area (TPSA) is 34.2 Å². The van der Waals surface area contributed by atoms with Gasteiger partial charge in [-0.2, -0.15) is 0 Å². The largest absolute Gasteiger partial charge is 0.497 e. The number of thiazole rings is 1. The minimum absolute atomic E-state index is 0.569. The first-order valence-corrected chi connectivity index (χ1v) is 5.73. The van der Waals surface area contributed by atoms with E-state index in [1.54, 1.807) is 18.4 Å². The van der Waals surface area contributed by atoms with Crippen LogP contribution in [0.3, 0.4) is 0 Å². The van der Waals surface area contributed by atoms with Gasteiger partial charge in [0.05, 0.1) is 23.9 Å². The van der Waals surface area contributed by atoms with E-state index in [-0.39, 0.29) is 0 Å². The van der Waals surface area contributed by atoms with Crippen molar-refractivity contribution in [2.24, 2.45) is 0 Å². The molecule has 1 N–H and O–H groups in total. The van der Waals surface area contributed by atoms with Gasteiger partial charge in [-0.1, -0.05) is 5.92 Å². The quantitative estimate of drug-likeness (QED) is 0.647. The van der Waals surface area contributed by atoms with Crippen LogP contribution in [0.5, 0.6) is 5.75 Å². The van der Waals surface area contributed by atoms with E-state index in [1.807, 2.05) is 18.2 Å². The van der Waals surface area contributed by atoms with Crippen LogP contribution in [-0.2, 0) is 6.54 Å². The lowest BCUT2D eigenvalue weighted by Crippen LogP contribution is -2.12. The second kappa shape index (κ2) is 4.97. The molecular formula is C12H12N2OS. The number of nitrogens with one attached hydrogen (secondary N) is 1. The molecule has 0 spiro atoms. The fraction of sp³-hybridized carbons (Fsp3) is 0.250. The highest BCUT2D eigenvalue weighted by atomic mass is 32.1. The van der Waals surface area contributed by atoms with Crippen LogP contribution in [0.25, 0.3) is 10.2 Å². The Morgan fingerprint density at radius 1 is 1.56 bits per heavy atom. The molecule has 1 heterocycles. The third-order valence-corrected chi connectivity index (χ3v) is 3.16. The van der Waals surface area contributed by atoms with Gasteiger partial charge in [-0.15, -0.1) is 17.8 Å². The van der Waals surface area contributed by atoms with Gasteiger partial charge >= 0.3 is 0 Å². The van der Waals surface area contributed by atoms with Gasteiger partial charge in [0.1, 0.15) is 10.8 Å². The molecule has 1 aromatic carbocycles. The summed E-state index contributed by atoms with van der Waals surface area (Å²) < 4.78 is 6.30. The Balaban J connectivity index is 2.20. The zero-order valence-corrected chi connectivity index (χ0v) is 9.80. The van der Waals surface area contributed by atoms with Crippen molar-refractivity contribution in [1.82, 2.24) is 10.3 Å². The molecule has 0 bridgehead atoms. The minimum Gasteiger partial charge on any atom is -0.497 e. The molecule has 0 aliphatic rings. The summed E-state index contributed by atoms with van der Waals surface area (Å²) in [6.45, 7) is 1.28. The second-order valence-corrected chi connectivity index (χ2v) is 4.36. The highest BCUT2D eigenvalue weighted by Crippen LogP contribution is 2.26. The molecule has 0 atom stereocenters. The van der Waals surface area contributed by atoms with Crippen molar-refractivity contribution in [2.45, 2.75) is 6.54 Å². The van der Waals surface area contributed by atoms with Gasteiger partial charge in [0.2, 0.25) is 0 Å². The summed E-state index contributed by atoms with van der Waals surface area (Å²) in [5.41, 5.74) is 1.00. The average Bonchev–Trinajstić information content (AvgIpc) is 2.70. The van der Waals surface area contributed by atoms with Crippen LogP contribution in [0.2, 0.25) is 0 Å². The lowest BCUT2D eigenvalue weighted by atomic mass is 10.3. The van der Waals surface area contributed by atoms with Gasteiger partial charge < -0.3 is 4.74 Å². The average molecular weight is 232 g/mol. The molecular weight excluding hydrogens is 220 g/mol.